The number of methoxy groups -OCH3 is 1. The van der Waals surface area contributed by atoms with Crippen molar-refractivity contribution in [3.05, 3.63) is 0 Å². The van der Waals surface area contributed by atoms with Crippen LogP contribution in [0.15, 0.2) is 0 Å². The number of rotatable bonds is 6. The first-order valence-electron chi connectivity index (χ1n) is 5.14. The number of ether oxygens (including phenoxy) is 2. The summed E-state index contributed by atoms with van der Waals surface area (Å²) >= 11 is 0. The van der Waals surface area contributed by atoms with Gasteiger partial charge in [0.05, 0.1) is 27.3 Å². The van der Waals surface area contributed by atoms with E-state index in [2.05, 4.69) is 0 Å². The molecule has 1 atom stereocenters. The van der Waals surface area contributed by atoms with Gasteiger partial charge in [-0.15, -0.1) is 0 Å². The number of carbonyl (C=O) groups excluding carboxylic acids is 1. The van der Waals surface area contributed by atoms with Gasteiger partial charge in [-0.25, -0.2) is 9.28 Å². The molecular formula is C10H23N2O4+. The summed E-state index contributed by atoms with van der Waals surface area (Å²) in [6.07, 6.45) is -0.424. The van der Waals surface area contributed by atoms with Crippen LogP contribution in [-0.2, 0) is 9.47 Å². The molecule has 0 aromatic rings. The van der Waals surface area contributed by atoms with Crippen LogP contribution in [-0.4, -0.2) is 81.9 Å². The number of aliphatic hydroxyl groups is 1. The van der Waals surface area contributed by atoms with Gasteiger partial charge >= 0.3 is 6.03 Å². The van der Waals surface area contributed by atoms with Crippen molar-refractivity contribution < 1.29 is 23.9 Å². The zero-order chi connectivity index (χ0) is 12.8. The Balaban J connectivity index is 4.66. The third-order valence-corrected chi connectivity index (χ3v) is 2.31. The maximum atomic E-state index is 11.9. The molecule has 0 aliphatic heterocycles. The van der Waals surface area contributed by atoms with Crippen LogP contribution in [0.3, 0.4) is 0 Å². The van der Waals surface area contributed by atoms with Gasteiger partial charge in [-0.05, 0) is 0 Å². The lowest BCUT2D eigenvalue weighted by Gasteiger charge is -2.35. The van der Waals surface area contributed by atoms with Crippen LogP contribution in [0.1, 0.15) is 0 Å². The van der Waals surface area contributed by atoms with Gasteiger partial charge in [0.15, 0.2) is 0 Å². The Labute approximate surface area is 96.9 Å². The number of nitrogens with zero attached hydrogens (tertiary/aromatic N) is 2. The van der Waals surface area contributed by atoms with E-state index in [1.54, 1.807) is 35.3 Å². The minimum Gasteiger partial charge on any atom is -0.394 e. The summed E-state index contributed by atoms with van der Waals surface area (Å²) in [6.45, 7) is 0.416. The second kappa shape index (κ2) is 6.80. The average Bonchev–Trinajstić information content (AvgIpc) is 2.22. The van der Waals surface area contributed by atoms with E-state index >= 15 is 0 Å². The summed E-state index contributed by atoms with van der Waals surface area (Å²) in [4.78, 5) is 13.4. The molecule has 0 aliphatic rings. The Morgan fingerprint density at radius 3 is 2.38 bits per heavy atom. The van der Waals surface area contributed by atoms with Crippen LogP contribution in [0.25, 0.3) is 0 Å². The summed E-state index contributed by atoms with van der Waals surface area (Å²) in [5, 5.41) is 8.73. The van der Waals surface area contributed by atoms with Gasteiger partial charge in [0.1, 0.15) is 6.61 Å². The molecule has 0 aromatic heterocycles. The SMILES string of the molecule is COCC(OCCO)[N+](C)(C)C(=O)N(C)C. The van der Waals surface area contributed by atoms with Crippen molar-refractivity contribution in [2.24, 2.45) is 0 Å². The smallest absolute Gasteiger partial charge is 0.394 e. The van der Waals surface area contributed by atoms with E-state index in [1.807, 2.05) is 0 Å². The largest absolute Gasteiger partial charge is 0.420 e. The maximum absolute atomic E-state index is 11.9. The highest BCUT2D eigenvalue weighted by Crippen LogP contribution is 2.12. The number of amides is 2. The molecule has 1 unspecified atom stereocenters. The van der Waals surface area contributed by atoms with Gasteiger partial charge < -0.3 is 14.6 Å². The Morgan fingerprint density at radius 1 is 1.44 bits per heavy atom. The Morgan fingerprint density at radius 2 is 2.00 bits per heavy atom. The fourth-order valence-corrected chi connectivity index (χ4v) is 1.39. The summed E-state index contributed by atoms with van der Waals surface area (Å²) in [7, 11) is 8.44. The number of likely N-dealkylation sites (N-methyl/N-ethyl adjacent to an activating group) is 1. The Hall–Kier alpha value is -0.690. The molecule has 16 heavy (non-hydrogen) atoms. The van der Waals surface area contributed by atoms with E-state index in [1.165, 1.54) is 4.90 Å². The normalized spacial score (nSPS) is 13.6. The number of carbonyl (C=O) groups is 1. The van der Waals surface area contributed by atoms with Crippen LogP contribution in [0.4, 0.5) is 4.79 Å². The van der Waals surface area contributed by atoms with Gasteiger partial charge in [-0.1, -0.05) is 0 Å². The predicted molar refractivity (Wildman–Crippen MR) is 59.9 cm³/mol. The standard InChI is InChI=1S/C10H23N2O4/c1-11(2)10(14)12(3,4)9(8-15-5)16-7-6-13/h9,13H,6-8H2,1-5H3/q+1. The third-order valence-electron chi connectivity index (χ3n) is 2.31. The molecule has 0 aromatic carbocycles. The number of hydrogen-bond acceptors (Lipinski definition) is 4. The average molecular weight is 235 g/mol. The van der Waals surface area contributed by atoms with Gasteiger partial charge in [-0.2, -0.15) is 0 Å². The number of quaternary nitrogens is 1. The second-order valence-electron chi connectivity index (χ2n) is 4.22. The molecule has 0 rings (SSSR count). The van der Waals surface area contributed by atoms with E-state index in [9.17, 15) is 4.79 Å². The summed E-state index contributed by atoms with van der Waals surface area (Å²) in [6, 6.07) is -0.0833. The van der Waals surface area contributed by atoms with Crippen molar-refractivity contribution in [1.29, 1.82) is 0 Å². The van der Waals surface area contributed by atoms with Gasteiger partial charge in [0.25, 0.3) is 0 Å². The fraction of sp³-hybridized carbons (Fsp3) is 0.900. The summed E-state index contributed by atoms with van der Waals surface area (Å²) in [5.74, 6) is 0. The highest BCUT2D eigenvalue weighted by Gasteiger charge is 2.38. The fourth-order valence-electron chi connectivity index (χ4n) is 1.39. The van der Waals surface area contributed by atoms with Crippen LogP contribution in [0, 0.1) is 0 Å². The minimum absolute atomic E-state index is 0.0286. The van der Waals surface area contributed by atoms with Crippen LogP contribution in [0.2, 0.25) is 0 Å². The van der Waals surface area contributed by atoms with Gasteiger partial charge in [-0.3, -0.25) is 4.90 Å². The zero-order valence-corrected chi connectivity index (χ0v) is 10.8. The van der Waals surface area contributed by atoms with Crippen molar-refractivity contribution in [3.8, 4) is 0 Å². The molecule has 6 nitrogen and oxygen atoms in total. The minimum atomic E-state index is -0.424. The molecule has 0 aliphatic carbocycles. The van der Waals surface area contributed by atoms with E-state index in [0.29, 0.717) is 6.61 Å². The topological polar surface area (TPSA) is 59.0 Å². The van der Waals surface area contributed by atoms with E-state index < -0.39 is 6.23 Å². The van der Waals surface area contributed by atoms with Crippen molar-refractivity contribution >= 4 is 6.03 Å². The van der Waals surface area contributed by atoms with Crippen LogP contribution in [0.5, 0.6) is 0 Å². The molecule has 0 radical (unpaired) electrons. The molecule has 6 heteroatoms. The van der Waals surface area contributed by atoms with Crippen LogP contribution < -0.4 is 0 Å². The lowest BCUT2D eigenvalue weighted by Crippen LogP contribution is -2.59. The molecule has 0 fully saturated rings. The van der Waals surface area contributed by atoms with Crippen molar-refractivity contribution in [3.63, 3.8) is 0 Å². The lowest BCUT2D eigenvalue weighted by atomic mass is 10.4. The second-order valence-corrected chi connectivity index (χ2v) is 4.22. The Bertz CT molecular complexity index is 219. The lowest BCUT2D eigenvalue weighted by molar-refractivity contribution is -0.866. The highest BCUT2D eigenvalue weighted by molar-refractivity contribution is 5.66. The van der Waals surface area contributed by atoms with E-state index in [-0.39, 0.29) is 23.7 Å². The maximum Gasteiger partial charge on any atom is 0.420 e. The summed E-state index contributed by atoms with van der Waals surface area (Å²) in [5.41, 5.74) is 0. The summed E-state index contributed by atoms with van der Waals surface area (Å²) < 4.78 is 10.5. The van der Waals surface area contributed by atoms with E-state index in [0.717, 1.165) is 0 Å². The molecule has 0 spiro atoms. The predicted octanol–water partition coefficient (Wildman–Crippen LogP) is -0.274. The molecule has 0 bridgehead atoms. The molecule has 1 N–H and O–H groups in total. The zero-order valence-electron chi connectivity index (χ0n) is 10.8. The van der Waals surface area contributed by atoms with Gasteiger partial charge in [0.2, 0.25) is 6.23 Å². The molecule has 96 valence electrons. The van der Waals surface area contributed by atoms with Crippen molar-refractivity contribution in [2.45, 2.75) is 6.23 Å². The van der Waals surface area contributed by atoms with Crippen LogP contribution >= 0.6 is 0 Å². The highest BCUT2D eigenvalue weighted by atomic mass is 16.5. The molecule has 0 saturated carbocycles. The molecule has 0 saturated heterocycles. The monoisotopic (exact) mass is 235 g/mol. The van der Waals surface area contributed by atoms with Crippen molar-refractivity contribution in [1.82, 2.24) is 4.90 Å². The third kappa shape index (κ3) is 4.05. The van der Waals surface area contributed by atoms with Gasteiger partial charge in [0, 0.05) is 21.2 Å². The number of aliphatic hydroxyl groups excluding tert-OH is 1. The molecule has 2 amide bonds. The first-order chi connectivity index (χ1) is 7.37. The quantitative estimate of drug-likeness (QED) is 0.508. The molecule has 0 heterocycles. The molecular weight excluding hydrogens is 212 g/mol. The number of hydrogen-bond donors (Lipinski definition) is 1. The first-order valence-corrected chi connectivity index (χ1v) is 5.14. The van der Waals surface area contributed by atoms with E-state index in [4.69, 9.17) is 14.6 Å². The number of urea groups is 1. The van der Waals surface area contributed by atoms with Crippen molar-refractivity contribution in [2.75, 3.05) is 55.1 Å². The Kier molecular flexibility index (Phi) is 6.51. The first kappa shape index (κ1) is 15.3.